The van der Waals surface area contributed by atoms with Gasteiger partial charge in [0.2, 0.25) is 0 Å². The van der Waals surface area contributed by atoms with Crippen molar-refractivity contribution in [2.45, 2.75) is 75.0 Å². The fourth-order valence-corrected chi connectivity index (χ4v) is 9.59. The summed E-state index contributed by atoms with van der Waals surface area (Å²) in [5.74, 6) is 0. The van der Waals surface area contributed by atoms with Gasteiger partial charge in [-0.15, -0.1) is 11.8 Å². The molecule has 20 heavy (non-hydrogen) atoms. The van der Waals surface area contributed by atoms with E-state index in [9.17, 15) is 0 Å². The second-order valence-corrected chi connectivity index (χ2v) is 12.3. The third kappa shape index (κ3) is 4.96. The van der Waals surface area contributed by atoms with E-state index in [0.29, 0.717) is 0 Å². The van der Waals surface area contributed by atoms with Gasteiger partial charge in [0.05, 0.1) is 8.07 Å². The lowest BCUT2D eigenvalue weighted by atomic mass is 10.1. The van der Waals surface area contributed by atoms with E-state index in [0.717, 1.165) is 0 Å². The molecule has 1 saturated heterocycles. The van der Waals surface area contributed by atoms with Crippen molar-refractivity contribution in [3.63, 3.8) is 0 Å². The summed E-state index contributed by atoms with van der Waals surface area (Å²) in [5.41, 5.74) is 1.17. The van der Waals surface area contributed by atoms with Crippen molar-refractivity contribution in [2.24, 2.45) is 0 Å². The van der Waals surface area contributed by atoms with Gasteiger partial charge < -0.3 is 0 Å². The molecule has 0 N–H and O–H groups in total. The van der Waals surface area contributed by atoms with Gasteiger partial charge in [-0.1, -0.05) is 82.8 Å². The summed E-state index contributed by atoms with van der Waals surface area (Å²) in [7, 11) is -0.760. The Hall–Kier alpha value is -0.213. The largest absolute Gasteiger partial charge is 0.130 e. The maximum Gasteiger partial charge on any atom is 0.0561 e. The van der Waals surface area contributed by atoms with Crippen LogP contribution in [-0.2, 0) is 0 Å². The van der Waals surface area contributed by atoms with Crippen molar-refractivity contribution in [1.82, 2.24) is 0 Å². The molecule has 114 valence electrons. The van der Waals surface area contributed by atoms with Crippen LogP contribution in [0.4, 0.5) is 0 Å². The molecule has 0 aromatic heterocycles. The van der Waals surface area contributed by atoms with Gasteiger partial charge >= 0.3 is 0 Å². The summed E-state index contributed by atoms with van der Waals surface area (Å²) in [6.07, 6.45) is 8.17. The Morgan fingerprint density at radius 1 is 1.05 bits per heavy atom. The molecule has 2 rings (SSSR count). The van der Waals surface area contributed by atoms with E-state index in [1.807, 2.05) is 18.2 Å². The van der Waals surface area contributed by atoms with Crippen LogP contribution in [0.1, 0.15) is 46.5 Å². The zero-order chi connectivity index (χ0) is 14.8. The van der Waals surface area contributed by atoms with E-state index < -0.39 is 8.07 Å². The van der Waals surface area contributed by atoms with Gasteiger partial charge in [-0.25, -0.2) is 0 Å². The average Bonchev–Trinajstić information content (AvgIpc) is 2.56. The lowest BCUT2D eigenvalue weighted by Gasteiger charge is -2.41. The smallest absolute Gasteiger partial charge is 0.0561 e. The van der Waals surface area contributed by atoms with Crippen LogP contribution in [0.25, 0.3) is 0 Å². The summed E-state index contributed by atoms with van der Waals surface area (Å²) in [5, 5.41) is 0. The molecular weight excluding hydrogens is 276 g/mol. The van der Waals surface area contributed by atoms with E-state index in [1.54, 1.807) is 42.7 Å². The highest BCUT2D eigenvalue weighted by Crippen LogP contribution is 2.44. The third-order valence-corrected chi connectivity index (χ3v) is 12.6. The van der Waals surface area contributed by atoms with E-state index in [-0.39, 0.29) is 0 Å². The summed E-state index contributed by atoms with van der Waals surface area (Å²) >= 11 is 1.77. The Balaban J connectivity index is 0.000000217. The van der Waals surface area contributed by atoms with Gasteiger partial charge in [-0.3, -0.25) is 0 Å². The zero-order valence-electron chi connectivity index (χ0n) is 13.8. The van der Waals surface area contributed by atoms with Crippen LogP contribution in [0.3, 0.4) is 0 Å². The summed E-state index contributed by atoms with van der Waals surface area (Å²) < 4.78 is 0. The van der Waals surface area contributed by atoms with Crippen LogP contribution in [0.2, 0.25) is 23.7 Å². The third-order valence-electron chi connectivity index (χ3n) is 5.22. The molecule has 2 heteroatoms. The standard InChI is InChI=1S/C11H24Si.C7H8S/c1-4-11-9-7-8-10-12(11,5-2)6-3;1-8-7-5-3-2-4-6-7/h11H,4-10H2,1-3H3;2-6H,1H3. The summed E-state index contributed by atoms with van der Waals surface area (Å²) in [4.78, 5) is 1.33. The molecule has 1 fully saturated rings. The van der Waals surface area contributed by atoms with E-state index in [1.165, 1.54) is 23.3 Å². The molecule has 1 aromatic carbocycles. The Labute approximate surface area is 131 Å². The average molecular weight is 309 g/mol. The molecule has 1 aliphatic heterocycles. The van der Waals surface area contributed by atoms with Gasteiger partial charge in [-0.2, -0.15) is 0 Å². The van der Waals surface area contributed by atoms with E-state index in [2.05, 4.69) is 39.2 Å². The SMILES string of the molecule is CCC1CCCC[Si]1(CC)CC.CSc1ccccc1. The van der Waals surface area contributed by atoms with Crippen molar-refractivity contribution < 1.29 is 0 Å². The van der Waals surface area contributed by atoms with Crippen LogP contribution in [0.5, 0.6) is 0 Å². The Morgan fingerprint density at radius 2 is 1.70 bits per heavy atom. The minimum Gasteiger partial charge on any atom is -0.130 e. The molecular formula is C18H32SSi. The fourth-order valence-electron chi connectivity index (χ4n) is 3.75. The first kappa shape index (κ1) is 17.8. The van der Waals surface area contributed by atoms with Crippen molar-refractivity contribution in [1.29, 1.82) is 0 Å². The molecule has 0 spiro atoms. The Bertz CT molecular complexity index is 346. The Kier molecular flexibility index (Phi) is 8.63. The van der Waals surface area contributed by atoms with Gasteiger partial charge in [0.1, 0.15) is 0 Å². The molecule has 1 unspecified atom stereocenters. The molecule has 1 aliphatic rings. The predicted molar refractivity (Wildman–Crippen MR) is 97.6 cm³/mol. The number of hydrogen-bond donors (Lipinski definition) is 0. The van der Waals surface area contributed by atoms with E-state index >= 15 is 0 Å². The first-order valence-electron chi connectivity index (χ1n) is 8.31. The monoisotopic (exact) mass is 308 g/mol. The molecule has 1 heterocycles. The first-order chi connectivity index (χ1) is 9.72. The van der Waals surface area contributed by atoms with Crippen molar-refractivity contribution in [2.75, 3.05) is 6.26 Å². The van der Waals surface area contributed by atoms with Crippen LogP contribution >= 0.6 is 11.8 Å². The lowest BCUT2D eigenvalue weighted by Crippen LogP contribution is -2.40. The topological polar surface area (TPSA) is 0 Å². The second-order valence-electron chi connectivity index (χ2n) is 5.94. The van der Waals surface area contributed by atoms with E-state index in [4.69, 9.17) is 0 Å². The molecule has 1 aromatic rings. The van der Waals surface area contributed by atoms with Crippen LogP contribution < -0.4 is 0 Å². The number of benzene rings is 1. The quantitative estimate of drug-likeness (QED) is 0.433. The molecule has 0 saturated carbocycles. The Morgan fingerprint density at radius 3 is 2.10 bits per heavy atom. The van der Waals surface area contributed by atoms with Crippen molar-refractivity contribution in [3.8, 4) is 0 Å². The van der Waals surface area contributed by atoms with Crippen molar-refractivity contribution >= 4 is 19.8 Å². The highest BCUT2D eigenvalue weighted by atomic mass is 32.2. The number of thioether (sulfide) groups is 1. The van der Waals surface area contributed by atoms with Gasteiger partial charge in [0.25, 0.3) is 0 Å². The molecule has 0 aliphatic carbocycles. The highest BCUT2D eigenvalue weighted by molar-refractivity contribution is 7.98. The van der Waals surface area contributed by atoms with Gasteiger partial charge in [0, 0.05) is 4.90 Å². The summed E-state index contributed by atoms with van der Waals surface area (Å²) in [6.45, 7) is 7.30. The molecule has 0 amide bonds. The van der Waals surface area contributed by atoms with Gasteiger partial charge in [-0.05, 0) is 23.9 Å². The van der Waals surface area contributed by atoms with Crippen LogP contribution in [0, 0.1) is 0 Å². The lowest BCUT2D eigenvalue weighted by molar-refractivity contribution is 0.584. The van der Waals surface area contributed by atoms with Gasteiger partial charge in [0.15, 0.2) is 0 Å². The minimum absolute atomic E-state index is 0.760. The fraction of sp³-hybridized carbons (Fsp3) is 0.667. The molecule has 0 nitrogen and oxygen atoms in total. The predicted octanol–water partition coefficient (Wildman–Crippen LogP) is 6.85. The highest BCUT2D eigenvalue weighted by Gasteiger charge is 2.38. The molecule has 0 bridgehead atoms. The normalized spacial score (nSPS) is 20.9. The summed E-state index contributed by atoms with van der Waals surface area (Å²) in [6, 6.07) is 15.1. The van der Waals surface area contributed by atoms with Crippen molar-refractivity contribution in [3.05, 3.63) is 30.3 Å². The minimum atomic E-state index is -0.760. The maximum absolute atomic E-state index is 2.45. The second kappa shape index (κ2) is 9.67. The zero-order valence-corrected chi connectivity index (χ0v) is 15.6. The van der Waals surface area contributed by atoms with Crippen LogP contribution in [0.15, 0.2) is 35.2 Å². The first-order valence-corrected chi connectivity index (χ1v) is 12.2. The molecule has 1 atom stereocenters. The number of rotatable bonds is 4. The van der Waals surface area contributed by atoms with Crippen LogP contribution in [-0.4, -0.2) is 14.3 Å². The number of hydrogen-bond acceptors (Lipinski definition) is 1. The maximum atomic E-state index is 2.45. The molecule has 0 radical (unpaired) electrons.